The van der Waals surface area contributed by atoms with Crippen LogP contribution in [0.15, 0.2) is 42.5 Å². The van der Waals surface area contributed by atoms with Gasteiger partial charge in [0.05, 0.1) is 0 Å². The topological polar surface area (TPSA) is 46.2 Å². The lowest BCUT2D eigenvalue weighted by molar-refractivity contribution is -0.116. The van der Waals surface area contributed by atoms with Gasteiger partial charge in [0.1, 0.15) is 0 Å². The van der Waals surface area contributed by atoms with E-state index in [1.165, 1.54) is 5.56 Å². The highest BCUT2D eigenvalue weighted by atomic mass is 35.5. The average molecular weight is 316 g/mol. The van der Waals surface area contributed by atoms with E-state index in [0.717, 1.165) is 11.3 Å². The standard InChI is InChI=1S/C18H18ClNO2/c1-12-3-8-16(11-13(12)2)20-18(22)10-9-17(21)14-4-6-15(19)7-5-14/h3-8,11H,9-10H2,1-2H3,(H,20,22). The second kappa shape index (κ2) is 7.23. The zero-order chi connectivity index (χ0) is 16.1. The van der Waals surface area contributed by atoms with Crippen molar-refractivity contribution in [3.8, 4) is 0 Å². The molecule has 0 aromatic heterocycles. The number of rotatable bonds is 5. The summed E-state index contributed by atoms with van der Waals surface area (Å²) in [4.78, 5) is 23.9. The van der Waals surface area contributed by atoms with Crippen LogP contribution in [0.1, 0.15) is 34.3 Å². The summed E-state index contributed by atoms with van der Waals surface area (Å²) in [6, 6.07) is 12.4. The Bertz CT molecular complexity index is 693. The van der Waals surface area contributed by atoms with Gasteiger partial charge in [-0.2, -0.15) is 0 Å². The lowest BCUT2D eigenvalue weighted by atomic mass is 10.1. The second-order valence-electron chi connectivity index (χ2n) is 5.28. The second-order valence-corrected chi connectivity index (χ2v) is 5.71. The SMILES string of the molecule is Cc1ccc(NC(=O)CCC(=O)c2ccc(Cl)cc2)cc1C. The maximum atomic E-state index is 12.0. The number of carbonyl (C=O) groups is 2. The maximum Gasteiger partial charge on any atom is 0.224 e. The van der Waals surface area contributed by atoms with Crippen molar-refractivity contribution >= 4 is 29.0 Å². The van der Waals surface area contributed by atoms with Crippen LogP contribution >= 0.6 is 11.6 Å². The molecule has 0 heterocycles. The first-order valence-electron chi connectivity index (χ1n) is 7.11. The number of hydrogen-bond acceptors (Lipinski definition) is 2. The maximum absolute atomic E-state index is 12.0. The third-order valence-corrected chi connectivity index (χ3v) is 3.79. The number of halogens is 1. The number of Topliss-reactive ketones (excluding diaryl/α,β-unsaturated/α-hetero) is 1. The molecule has 0 aliphatic heterocycles. The quantitative estimate of drug-likeness (QED) is 0.822. The van der Waals surface area contributed by atoms with Crippen molar-refractivity contribution in [1.82, 2.24) is 0 Å². The fourth-order valence-electron chi connectivity index (χ4n) is 2.05. The molecule has 0 aliphatic carbocycles. The highest BCUT2D eigenvalue weighted by Gasteiger charge is 2.10. The van der Waals surface area contributed by atoms with Crippen LogP contribution in [0.4, 0.5) is 5.69 Å². The molecule has 0 fully saturated rings. The van der Waals surface area contributed by atoms with Crippen LogP contribution in [0.2, 0.25) is 5.02 Å². The lowest BCUT2D eigenvalue weighted by Gasteiger charge is -2.07. The highest BCUT2D eigenvalue weighted by molar-refractivity contribution is 6.30. The van der Waals surface area contributed by atoms with Gasteiger partial charge >= 0.3 is 0 Å². The molecule has 0 saturated heterocycles. The lowest BCUT2D eigenvalue weighted by Crippen LogP contribution is -2.13. The molecule has 0 atom stereocenters. The Morgan fingerprint density at radius 1 is 0.955 bits per heavy atom. The zero-order valence-electron chi connectivity index (χ0n) is 12.7. The predicted molar refractivity (Wildman–Crippen MR) is 89.6 cm³/mol. The third-order valence-electron chi connectivity index (χ3n) is 3.54. The van der Waals surface area contributed by atoms with Gasteiger partial charge in [0.2, 0.25) is 5.91 Å². The Hall–Kier alpha value is -2.13. The van der Waals surface area contributed by atoms with E-state index in [4.69, 9.17) is 11.6 Å². The molecule has 0 radical (unpaired) electrons. The van der Waals surface area contributed by atoms with Gasteiger partial charge in [-0.05, 0) is 61.4 Å². The van der Waals surface area contributed by atoms with E-state index in [0.29, 0.717) is 10.6 Å². The zero-order valence-corrected chi connectivity index (χ0v) is 13.4. The first-order valence-corrected chi connectivity index (χ1v) is 7.49. The Kier molecular flexibility index (Phi) is 5.34. The number of benzene rings is 2. The van der Waals surface area contributed by atoms with Gasteiger partial charge in [0.15, 0.2) is 5.78 Å². The van der Waals surface area contributed by atoms with Crippen molar-refractivity contribution in [3.05, 3.63) is 64.2 Å². The predicted octanol–water partition coefficient (Wildman–Crippen LogP) is 4.56. The third kappa shape index (κ3) is 4.43. The summed E-state index contributed by atoms with van der Waals surface area (Å²) in [5.41, 5.74) is 3.63. The first kappa shape index (κ1) is 16.2. The molecule has 0 saturated carbocycles. The van der Waals surface area contributed by atoms with Gasteiger partial charge in [0.25, 0.3) is 0 Å². The molecular formula is C18H18ClNO2. The summed E-state index contributed by atoms with van der Waals surface area (Å²) in [6.07, 6.45) is 0.340. The van der Waals surface area contributed by atoms with E-state index in [-0.39, 0.29) is 24.5 Å². The minimum Gasteiger partial charge on any atom is -0.326 e. The molecule has 0 aliphatic rings. The first-order chi connectivity index (χ1) is 10.5. The Morgan fingerprint density at radius 3 is 2.27 bits per heavy atom. The molecule has 22 heavy (non-hydrogen) atoms. The largest absolute Gasteiger partial charge is 0.326 e. The monoisotopic (exact) mass is 315 g/mol. The van der Waals surface area contributed by atoms with Crippen molar-refractivity contribution in [2.24, 2.45) is 0 Å². The summed E-state index contributed by atoms with van der Waals surface area (Å²) in [7, 11) is 0. The van der Waals surface area contributed by atoms with E-state index >= 15 is 0 Å². The van der Waals surface area contributed by atoms with Crippen molar-refractivity contribution < 1.29 is 9.59 Å². The van der Waals surface area contributed by atoms with Gasteiger partial charge < -0.3 is 5.32 Å². The molecule has 1 N–H and O–H groups in total. The van der Waals surface area contributed by atoms with Crippen LogP contribution in [0, 0.1) is 13.8 Å². The van der Waals surface area contributed by atoms with Crippen LogP contribution in [-0.4, -0.2) is 11.7 Å². The van der Waals surface area contributed by atoms with Crippen LogP contribution in [0.5, 0.6) is 0 Å². The number of hydrogen-bond donors (Lipinski definition) is 1. The smallest absolute Gasteiger partial charge is 0.224 e. The van der Waals surface area contributed by atoms with E-state index in [2.05, 4.69) is 5.32 Å². The van der Waals surface area contributed by atoms with Crippen LogP contribution < -0.4 is 5.32 Å². The molecule has 2 rings (SSSR count). The molecule has 4 heteroatoms. The summed E-state index contributed by atoms with van der Waals surface area (Å²) >= 11 is 5.78. The van der Waals surface area contributed by atoms with Gasteiger partial charge in [0, 0.05) is 29.1 Å². The molecular weight excluding hydrogens is 298 g/mol. The Morgan fingerprint density at radius 2 is 1.64 bits per heavy atom. The summed E-state index contributed by atoms with van der Waals surface area (Å²) < 4.78 is 0. The molecule has 0 bridgehead atoms. The highest BCUT2D eigenvalue weighted by Crippen LogP contribution is 2.15. The van der Waals surface area contributed by atoms with E-state index in [1.54, 1.807) is 24.3 Å². The minimum absolute atomic E-state index is 0.0631. The van der Waals surface area contributed by atoms with Gasteiger partial charge in [-0.25, -0.2) is 0 Å². The van der Waals surface area contributed by atoms with Gasteiger partial charge in [-0.15, -0.1) is 0 Å². The Balaban J connectivity index is 1.88. The van der Waals surface area contributed by atoms with E-state index < -0.39 is 0 Å². The molecule has 0 unspecified atom stereocenters. The molecule has 2 aromatic carbocycles. The number of nitrogens with one attached hydrogen (secondary N) is 1. The van der Waals surface area contributed by atoms with E-state index in [1.807, 2.05) is 32.0 Å². The number of carbonyl (C=O) groups excluding carboxylic acids is 2. The number of ketones is 1. The number of amides is 1. The van der Waals surface area contributed by atoms with Crippen molar-refractivity contribution in [3.63, 3.8) is 0 Å². The fraction of sp³-hybridized carbons (Fsp3) is 0.222. The molecule has 0 spiro atoms. The number of anilines is 1. The van der Waals surface area contributed by atoms with Crippen molar-refractivity contribution in [1.29, 1.82) is 0 Å². The van der Waals surface area contributed by atoms with Crippen LogP contribution in [0.3, 0.4) is 0 Å². The number of aryl methyl sites for hydroxylation is 2. The normalized spacial score (nSPS) is 10.3. The van der Waals surface area contributed by atoms with Gasteiger partial charge in [-0.1, -0.05) is 17.7 Å². The molecule has 2 aromatic rings. The van der Waals surface area contributed by atoms with Crippen molar-refractivity contribution in [2.45, 2.75) is 26.7 Å². The Labute approximate surface area is 135 Å². The van der Waals surface area contributed by atoms with Crippen LogP contribution in [0.25, 0.3) is 0 Å². The van der Waals surface area contributed by atoms with Gasteiger partial charge in [-0.3, -0.25) is 9.59 Å². The average Bonchev–Trinajstić information content (AvgIpc) is 2.49. The van der Waals surface area contributed by atoms with Crippen molar-refractivity contribution in [2.75, 3.05) is 5.32 Å². The summed E-state index contributed by atoms with van der Waals surface area (Å²) in [5, 5.41) is 3.40. The van der Waals surface area contributed by atoms with Crippen LogP contribution in [-0.2, 0) is 4.79 Å². The summed E-state index contributed by atoms with van der Waals surface area (Å²) in [6.45, 7) is 4.01. The van der Waals surface area contributed by atoms with E-state index in [9.17, 15) is 9.59 Å². The summed E-state index contributed by atoms with van der Waals surface area (Å²) in [5.74, 6) is -0.225. The minimum atomic E-state index is -0.162. The molecule has 114 valence electrons. The molecule has 3 nitrogen and oxygen atoms in total. The molecule has 1 amide bonds. The fourth-order valence-corrected chi connectivity index (χ4v) is 2.18.